The fraction of sp³-hybridized carbons (Fsp3) is 1.00. The first-order valence-electron chi connectivity index (χ1n) is 5.16. The van der Waals surface area contributed by atoms with Gasteiger partial charge in [-0.15, -0.1) is 0 Å². The van der Waals surface area contributed by atoms with E-state index >= 15 is 0 Å². The minimum absolute atomic E-state index is 0.449. The molecule has 2 N–H and O–H groups in total. The molecule has 0 aromatic rings. The zero-order valence-corrected chi connectivity index (χ0v) is 8.59. The first kappa shape index (κ1) is 10.0. The lowest BCUT2D eigenvalue weighted by molar-refractivity contribution is 0.0987. The van der Waals surface area contributed by atoms with Crippen molar-refractivity contribution in [1.82, 2.24) is 4.90 Å². The molecule has 2 atom stereocenters. The van der Waals surface area contributed by atoms with Gasteiger partial charge in [0.25, 0.3) is 0 Å². The standard InChI is InChI=1S/C10H22N2/c1-4-10-7-9(11)5-6-12(10)8(2)3/h8-10H,4-7,11H2,1-3H3. The maximum atomic E-state index is 5.94. The van der Waals surface area contributed by atoms with Crippen LogP contribution in [0, 0.1) is 0 Å². The normalized spacial score (nSPS) is 32.8. The Morgan fingerprint density at radius 1 is 1.50 bits per heavy atom. The largest absolute Gasteiger partial charge is 0.328 e. The lowest BCUT2D eigenvalue weighted by atomic mass is 9.95. The van der Waals surface area contributed by atoms with E-state index in [9.17, 15) is 0 Å². The van der Waals surface area contributed by atoms with Crippen molar-refractivity contribution >= 4 is 0 Å². The Bertz CT molecular complexity index is 134. The summed E-state index contributed by atoms with van der Waals surface area (Å²) in [6.45, 7) is 8.01. The molecule has 2 nitrogen and oxygen atoms in total. The van der Waals surface area contributed by atoms with Crippen LogP contribution in [-0.4, -0.2) is 29.6 Å². The predicted molar refractivity (Wildman–Crippen MR) is 53.1 cm³/mol. The third-order valence-corrected chi connectivity index (χ3v) is 2.94. The summed E-state index contributed by atoms with van der Waals surface area (Å²) in [5, 5.41) is 0. The lowest BCUT2D eigenvalue weighted by Gasteiger charge is -2.40. The van der Waals surface area contributed by atoms with E-state index < -0.39 is 0 Å². The first-order valence-corrected chi connectivity index (χ1v) is 5.16. The molecule has 72 valence electrons. The van der Waals surface area contributed by atoms with Crippen LogP contribution < -0.4 is 5.73 Å². The van der Waals surface area contributed by atoms with Gasteiger partial charge in [-0.25, -0.2) is 0 Å². The summed E-state index contributed by atoms with van der Waals surface area (Å²) in [4.78, 5) is 2.59. The molecule has 1 aliphatic heterocycles. The minimum atomic E-state index is 0.449. The van der Waals surface area contributed by atoms with Crippen molar-refractivity contribution in [3.8, 4) is 0 Å². The predicted octanol–water partition coefficient (Wildman–Crippen LogP) is 1.60. The monoisotopic (exact) mass is 170 g/mol. The molecule has 0 aliphatic carbocycles. The van der Waals surface area contributed by atoms with E-state index in [0.29, 0.717) is 12.1 Å². The number of hydrogen-bond acceptors (Lipinski definition) is 2. The van der Waals surface area contributed by atoms with Crippen molar-refractivity contribution in [2.75, 3.05) is 6.54 Å². The maximum Gasteiger partial charge on any atom is 0.0110 e. The second kappa shape index (κ2) is 4.24. The van der Waals surface area contributed by atoms with Crippen molar-refractivity contribution in [2.45, 2.75) is 58.2 Å². The van der Waals surface area contributed by atoms with Gasteiger partial charge in [0.05, 0.1) is 0 Å². The highest BCUT2D eigenvalue weighted by molar-refractivity contribution is 4.84. The Balaban J connectivity index is 2.50. The van der Waals surface area contributed by atoms with Crippen molar-refractivity contribution in [1.29, 1.82) is 0 Å². The van der Waals surface area contributed by atoms with Crippen LogP contribution in [0.2, 0.25) is 0 Å². The average Bonchev–Trinajstić information content (AvgIpc) is 2.03. The number of hydrogen-bond donors (Lipinski definition) is 1. The smallest absolute Gasteiger partial charge is 0.0110 e. The van der Waals surface area contributed by atoms with Gasteiger partial charge in [0.1, 0.15) is 0 Å². The summed E-state index contributed by atoms with van der Waals surface area (Å²) in [5.41, 5.74) is 5.94. The second-order valence-corrected chi connectivity index (χ2v) is 4.18. The minimum Gasteiger partial charge on any atom is -0.328 e. The van der Waals surface area contributed by atoms with Gasteiger partial charge in [0, 0.05) is 24.7 Å². The Kier molecular flexibility index (Phi) is 3.53. The van der Waals surface area contributed by atoms with Gasteiger partial charge in [0.2, 0.25) is 0 Å². The van der Waals surface area contributed by atoms with Crippen LogP contribution >= 0.6 is 0 Å². The van der Waals surface area contributed by atoms with Crippen molar-refractivity contribution in [3.63, 3.8) is 0 Å². The van der Waals surface area contributed by atoms with Crippen molar-refractivity contribution in [3.05, 3.63) is 0 Å². The number of piperidine rings is 1. The van der Waals surface area contributed by atoms with Crippen LogP contribution in [0.15, 0.2) is 0 Å². The van der Waals surface area contributed by atoms with Gasteiger partial charge in [-0.3, -0.25) is 4.90 Å². The number of nitrogens with two attached hydrogens (primary N) is 1. The average molecular weight is 170 g/mol. The summed E-state index contributed by atoms with van der Waals surface area (Å²) < 4.78 is 0. The quantitative estimate of drug-likeness (QED) is 0.682. The van der Waals surface area contributed by atoms with Gasteiger partial charge in [-0.2, -0.15) is 0 Å². The lowest BCUT2D eigenvalue weighted by Crippen LogP contribution is -2.49. The summed E-state index contributed by atoms with van der Waals surface area (Å²) in [6, 6.07) is 1.86. The highest BCUT2D eigenvalue weighted by Crippen LogP contribution is 2.20. The Morgan fingerprint density at radius 3 is 2.67 bits per heavy atom. The number of rotatable bonds is 2. The molecule has 12 heavy (non-hydrogen) atoms. The molecule has 2 heteroatoms. The third-order valence-electron chi connectivity index (χ3n) is 2.94. The van der Waals surface area contributed by atoms with Gasteiger partial charge in [-0.1, -0.05) is 6.92 Å². The highest BCUT2D eigenvalue weighted by Gasteiger charge is 2.26. The molecule has 1 saturated heterocycles. The Labute approximate surface area is 76.1 Å². The van der Waals surface area contributed by atoms with E-state index in [0.717, 1.165) is 6.04 Å². The Hall–Kier alpha value is -0.0800. The zero-order valence-electron chi connectivity index (χ0n) is 8.59. The summed E-state index contributed by atoms with van der Waals surface area (Å²) in [7, 11) is 0. The molecule has 1 fully saturated rings. The van der Waals surface area contributed by atoms with Crippen molar-refractivity contribution < 1.29 is 0 Å². The SMILES string of the molecule is CCC1CC(N)CCN1C(C)C. The molecule has 0 aromatic heterocycles. The van der Waals surface area contributed by atoms with Gasteiger partial charge in [0.15, 0.2) is 0 Å². The van der Waals surface area contributed by atoms with E-state index in [-0.39, 0.29) is 0 Å². The summed E-state index contributed by atoms with van der Waals surface area (Å²) >= 11 is 0. The van der Waals surface area contributed by atoms with Crippen LogP contribution in [0.25, 0.3) is 0 Å². The molecule has 1 rings (SSSR count). The van der Waals surface area contributed by atoms with Crippen molar-refractivity contribution in [2.24, 2.45) is 5.73 Å². The van der Waals surface area contributed by atoms with Crippen LogP contribution in [0.1, 0.15) is 40.0 Å². The summed E-state index contributed by atoms with van der Waals surface area (Å²) in [5.74, 6) is 0. The molecule has 0 aromatic carbocycles. The van der Waals surface area contributed by atoms with Crippen LogP contribution in [0.5, 0.6) is 0 Å². The molecule has 0 bridgehead atoms. The number of nitrogens with zero attached hydrogens (tertiary/aromatic N) is 1. The molecule has 1 aliphatic rings. The van der Waals surface area contributed by atoms with Crippen LogP contribution in [0.4, 0.5) is 0 Å². The second-order valence-electron chi connectivity index (χ2n) is 4.18. The molecule has 2 unspecified atom stereocenters. The first-order chi connectivity index (χ1) is 5.65. The molecule has 0 radical (unpaired) electrons. The molecule has 0 amide bonds. The fourth-order valence-electron chi connectivity index (χ4n) is 2.18. The fourth-order valence-corrected chi connectivity index (χ4v) is 2.18. The Morgan fingerprint density at radius 2 is 2.17 bits per heavy atom. The van der Waals surface area contributed by atoms with Gasteiger partial charge in [-0.05, 0) is 33.1 Å². The van der Waals surface area contributed by atoms with Gasteiger partial charge < -0.3 is 5.73 Å². The van der Waals surface area contributed by atoms with E-state index in [2.05, 4.69) is 25.7 Å². The van der Waals surface area contributed by atoms with Crippen LogP contribution in [-0.2, 0) is 0 Å². The summed E-state index contributed by atoms with van der Waals surface area (Å²) in [6.07, 6.45) is 3.61. The molecule has 0 spiro atoms. The molecule has 1 heterocycles. The topological polar surface area (TPSA) is 29.3 Å². The van der Waals surface area contributed by atoms with E-state index in [4.69, 9.17) is 5.73 Å². The zero-order chi connectivity index (χ0) is 9.14. The van der Waals surface area contributed by atoms with Gasteiger partial charge >= 0.3 is 0 Å². The maximum absolute atomic E-state index is 5.94. The highest BCUT2D eigenvalue weighted by atomic mass is 15.2. The van der Waals surface area contributed by atoms with E-state index in [1.54, 1.807) is 0 Å². The molecule has 0 saturated carbocycles. The molecular formula is C10H22N2. The number of likely N-dealkylation sites (tertiary alicyclic amines) is 1. The van der Waals surface area contributed by atoms with E-state index in [1.807, 2.05) is 0 Å². The third kappa shape index (κ3) is 2.20. The van der Waals surface area contributed by atoms with E-state index in [1.165, 1.54) is 25.8 Å². The molecular weight excluding hydrogens is 148 g/mol. The van der Waals surface area contributed by atoms with Crippen LogP contribution in [0.3, 0.4) is 0 Å².